The van der Waals surface area contributed by atoms with Gasteiger partial charge in [0.2, 0.25) is 11.8 Å². The molecule has 0 aliphatic carbocycles. The van der Waals surface area contributed by atoms with Gasteiger partial charge in [0.15, 0.2) is 0 Å². The molecular formula is C24H32N2O3. The number of hydrogen-bond donors (Lipinski definition) is 1. The molecule has 156 valence electrons. The van der Waals surface area contributed by atoms with E-state index in [1.807, 2.05) is 76.2 Å². The molecule has 1 atom stereocenters. The van der Waals surface area contributed by atoms with Gasteiger partial charge in [0.25, 0.3) is 0 Å². The molecule has 5 heteroatoms. The molecule has 0 aromatic heterocycles. The van der Waals surface area contributed by atoms with Crippen LogP contribution in [0.4, 0.5) is 0 Å². The number of ether oxygens (including phenoxy) is 1. The lowest BCUT2D eigenvalue weighted by Gasteiger charge is -2.31. The van der Waals surface area contributed by atoms with Crippen molar-refractivity contribution in [2.75, 3.05) is 7.11 Å². The summed E-state index contributed by atoms with van der Waals surface area (Å²) in [6.07, 6.45) is 0.817. The first-order valence-corrected chi connectivity index (χ1v) is 10.1. The van der Waals surface area contributed by atoms with Gasteiger partial charge in [-0.2, -0.15) is 0 Å². The molecule has 5 nitrogen and oxygen atoms in total. The van der Waals surface area contributed by atoms with Crippen LogP contribution in [-0.4, -0.2) is 35.9 Å². The molecule has 0 saturated heterocycles. The standard InChI is InChI=1S/C24H32N2O3/c1-6-22(24(28)25-17(2)3)26(16-19-10-12-21(29-5)13-11-19)23(27)15-20-9-7-8-18(4)14-20/h7-14,17,22H,6,15-16H2,1-5H3,(H,25,28)/t22-/m1/s1. The van der Waals surface area contributed by atoms with Gasteiger partial charge in [-0.25, -0.2) is 0 Å². The van der Waals surface area contributed by atoms with E-state index < -0.39 is 6.04 Å². The van der Waals surface area contributed by atoms with E-state index in [4.69, 9.17) is 4.74 Å². The van der Waals surface area contributed by atoms with Crippen molar-refractivity contribution in [3.05, 3.63) is 65.2 Å². The zero-order valence-electron chi connectivity index (χ0n) is 18.1. The highest BCUT2D eigenvalue weighted by molar-refractivity contribution is 5.88. The summed E-state index contributed by atoms with van der Waals surface area (Å²) < 4.78 is 5.22. The number of rotatable bonds is 9. The van der Waals surface area contributed by atoms with Crippen LogP contribution in [0.25, 0.3) is 0 Å². The molecule has 0 spiro atoms. The average molecular weight is 397 g/mol. The van der Waals surface area contributed by atoms with Crippen molar-refractivity contribution in [3.8, 4) is 5.75 Å². The maximum Gasteiger partial charge on any atom is 0.243 e. The molecule has 0 fully saturated rings. The Hall–Kier alpha value is -2.82. The maximum atomic E-state index is 13.3. The van der Waals surface area contributed by atoms with Gasteiger partial charge >= 0.3 is 0 Å². The van der Waals surface area contributed by atoms with Crippen LogP contribution in [0, 0.1) is 6.92 Å². The highest BCUT2D eigenvalue weighted by atomic mass is 16.5. The first kappa shape index (κ1) is 22.5. The van der Waals surface area contributed by atoms with E-state index in [1.165, 1.54) is 0 Å². The molecule has 2 aromatic carbocycles. The Balaban J connectivity index is 2.28. The fourth-order valence-corrected chi connectivity index (χ4v) is 3.33. The monoisotopic (exact) mass is 396 g/mol. The number of carbonyl (C=O) groups excluding carboxylic acids is 2. The molecule has 0 unspecified atom stereocenters. The van der Waals surface area contributed by atoms with Gasteiger partial charge in [0.05, 0.1) is 13.5 Å². The van der Waals surface area contributed by atoms with Crippen molar-refractivity contribution in [2.45, 2.75) is 59.2 Å². The van der Waals surface area contributed by atoms with Crippen LogP contribution >= 0.6 is 0 Å². The Labute approximate surface area is 174 Å². The molecule has 0 saturated carbocycles. The molecular weight excluding hydrogens is 364 g/mol. The highest BCUT2D eigenvalue weighted by Gasteiger charge is 2.29. The predicted octanol–water partition coefficient (Wildman–Crippen LogP) is 3.88. The predicted molar refractivity (Wildman–Crippen MR) is 116 cm³/mol. The lowest BCUT2D eigenvalue weighted by molar-refractivity contribution is -0.141. The van der Waals surface area contributed by atoms with Crippen molar-refractivity contribution in [1.29, 1.82) is 0 Å². The number of carbonyl (C=O) groups is 2. The van der Waals surface area contributed by atoms with Crippen molar-refractivity contribution >= 4 is 11.8 Å². The molecule has 2 rings (SSSR count). The summed E-state index contributed by atoms with van der Waals surface area (Å²) in [6, 6.07) is 15.0. The Morgan fingerprint density at radius 3 is 2.31 bits per heavy atom. The van der Waals surface area contributed by atoms with E-state index in [0.717, 1.165) is 22.4 Å². The van der Waals surface area contributed by atoms with Gasteiger partial charge < -0.3 is 15.0 Å². The molecule has 0 heterocycles. The van der Waals surface area contributed by atoms with Gasteiger partial charge in [-0.15, -0.1) is 0 Å². The number of amides is 2. The minimum atomic E-state index is -0.517. The van der Waals surface area contributed by atoms with Crippen LogP contribution in [0.1, 0.15) is 43.9 Å². The zero-order valence-corrected chi connectivity index (χ0v) is 18.1. The fourth-order valence-electron chi connectivity index (χ4n) is 3.33. The van der Waals surface area contributed by atoms with Gasteiger partial charge in [-0.1, -0.05) is 48.9 Å². The van der Waals surface area contributed by atoms with Crippen molar-refractivity contribution < 1.29 is 14.3 Å². The summed E-state index contributed by atoms with van der Waals surface area (Å²) in [4.78, 5) is 27.8. The Morgan fingerprint density at radius 2 is 1.76 bits per heavy atom. The average Bonchev–Trinajstić information content (AvgIpc) is 2.67. The first-order valence-electron chi connectivity index (χ1n) is 10.1. The summed E-state index contributed by atoms with van der Waals surface area (Å²) in [5, 5.41) is 2.95. The second kappa shape index (κ2) is 10.6. The Kier molecular flexibility index (Phi) is 8.25. The summed E-state index contributed by atoms with van der Waals surface area (Å²) in [6.45, 7) is 8.16. The Morgan fingerprint density at radius 1 is 1.07 bits per heavy atom. The third-order valence-electron chi connectivity index (χ3n) is 4.77. The van der Waals surface area contributed by atoms with Crippen LogP contribution in [0.5, 0.6) is 5.75 Å². The van der Waals surface area contributed by atoms with Gasteiger partial charge in [0, 0.05) is 12.6 Å². The molecule has 0 radical (unpaired) electrons. The normalized spacial score (nSPS) is 11.8. The van der Waals surface area contributed by atoms with E-state index in [9.17, 15) is 9.59 Å². The lowest BCUT2D eigenvalue weighted by Crippen LogP contribution is -2.50. The number of aryl methyl sites for hydroxylation is 1. The molecule has 29 heavy (non-hydrogen) atoms. The van der Waals surface area contributed by atoms with E-state index in [0.29, 0.717) is 13.0 Å². The van der Waals surface area contributed by atoms with Gasteiger partial charge in [-0.3, -0.25) is 9.59 Å². The van der Waals surface area contributed by atoms with Crippen molar-refractivity contribution in [1.82, 2.24) is 10.2 Å². The number of methoxy groups -OCH3 is 1. The summed E-state index contributed by atoms with van der Waals surface area (Å²) in [5.41, 5.74) is 3.02. The Bertz CT molecular complexity index is 815. The quantitative estimate of drug-likeness (QED) is 0.700. The number of nitrogens with zero attached hydrogens (tertiary/aromatic N) is 1. The van der Waals surface area contributed by atoms with Crippen LogP contribution in [-0.2, 0) is 22.6 Å². The van der Waals surface area contributed by atoms with Crippen LogP contribution in [0.15, 0.2) is 48.5 Å². The van der Waals surface area contributed by atoms with Crippen LogP contribution in [0.2, 0.25) is 0 Å². The van der Waals surface area contributed by atoms with Crippen LogP contribution < -0.4 is 10.1 Å². The first-order chi connectivity index (χ1) is 13.8. The molecule has 0 aliphatic heterocycles. The molecule has 2 aromatic rings. The van der Waals surface area contributed by atoms with E-state index in [-0.39, 0.29) is 24.3 Å². The van der Waals surface area contributed by atoms with Gasteiger partial charge in [-0.05, 0) is 50.5 Å². The minimum Gasteiger partial charge on any atom is -0.497 e. The zero-order chi connectivity index (χ0) is 21.4. The smallest absolute Gasteiger partial charge is 0.243 e. The summed E-state index contributed by atoms with van der Waals surface area (Å²) in [7, 11) is 1.62. The SMILES string of the molecule is CC[C@H](C(=O)NC(C)C)N(Cc1ccc(OC)cc1)C(=O)Cc1cccc(C)c1. The summed E-state index contributed by atoms with van der Waals surface area (Å²) >= 11 is 0. The van der Waals surface area contributed by atoms with Crippen LogP contribution in [0.3, 0.4) is 0 Å². The number of benzene rings is 2. The topological polar surface area (TPSA) is 58.6 Å². The third kappa shape index (κ3) is 6.63. The third-order valence-corrected chi connectivity index (χ3v) is 4.77. The second-order valence-corrected chi connectivity index (χ2v) is 7.62. The lowest BCUT2D eigenvalue weighted by atomic mass is 10.0. The largest absolute Gasteiger partial charge is 0.497 e. The molecule has 2 amide bonds. The van der Waals surface area contributed by atoms with E-state index in [1.54, 1.807) is 12.0 Å². The molecule has 1 N–H and O–H groups in total. The number of hydrogen-bond acceptors (Lipinski definition) is 3. The highest BCUT2D eigenvalue weighted by Crippen LogP contribution is 2.18. The number of nitrogens with one attached hydrogen (secondary N) is 1. The van der Waals surface area contributed by atoms with E-state index in [2.05, 4.69) is 5.32 Å². The molecule has 0 bridgehead atoms. The van der Waals surface area contributed by atoms with E-state index >= 15 is 0 Å². The summed E-state index contributed by atoms with van der Waals surface area (Å²) in [5.74, 6) is 0.585. The van der Waals surface area contributed by atoms with Gasteiger partial charge in [0.1, 0.15) is 11.8 Å². The minimum absolute atomic E-state index is 0.0197. The maximum absolute atomic E-state index is 13.3. The van der Waals surface area contributed by atoms with Crippen molar-refractivity contribution in [3.63, 3.8) is 0 Å². The van der Waals surface area contributed by atoms with Crippen molar-refractivity contribution in [2.24, 2.45) is 0 Å². The fraction of sp³-hybridized carbons (Fsp3) is 0.417. The second-order valence-electron chi connectivity index (χ2n) is 7.62. The molecule has 0 aliphatic rings.